The van der Waals surface area contributed by atoms with Crippen LogP contribution in [0.3, 0.4) is 0 Å². The molecule has 1 atom stereocenters. The molecule has 1 aliphatic rings. The van der Waals surface area contributed by atoms with Gasteiger partial charge in [-0.3, -0.25) is 4.79 Å². The van der Waals surface area contributed by atoms with E-state index in [1.54, 1.807) is 0 Å². The molecule has 14 heavy (non-hydrogen) atoms. The standard InChI is InChI=1S/C10H20N2O2/c1-2-12-5-3-8(4-6-12)9(7-11)10(13)14/h8-9H,2-7,11H2,1H3,(H,13,14). The highest BCUT2D eigenvalue weighted by Gasteiger charge is 2.29. The van der Waals surface area contributed by atoms with Crippen molar-refractivity contribution in [2.75, 3.05) is 26.2 Å². The van der Waals surface area contributed by atoms with E-state index in [-0.39, 0.29) is 18.4 Å². The molecular formula is C10H20N2O2. The van der Waals surface area contributed by atoms with E-state index in [0.717, 1.165) is 32.5 Å². The van der Waals surface area contributed by atoms with Crippen LogP contribution >= 0.6 is 0 Å². The topological polar surface area (TPSA) is 66.6 Å². The maximum atomic E-state index is 10.9. The highest BCUT2D eigenvalue weighted by molar-refractivity contribution is 5.70. The van der Waals surface area contributed by atoms with Crippen molar-refractivity contribution in [1.29, 1.82) is 0 Å². The predicted octanol–water partition coefficient (Wildman–Crippen LogP) is 0.378. The van der Waals surface area contributed by atoms with E-state index in [9.17, 15) is 4.79 Å². The Morgan fingerprint density at radius 1 is 1.57 bits per heavy atom. The molecule has 0 saturated carbocycles. The molecule has 0 bridgehead atoms. The number of nitrogens with zero attached hydrogens (tertiary/aromatic N) is 1. The number of rotatable bonds is 4. The molecule has 0 spiro atoms. The number of hydrogen-bond donors (Lipinski definition) is 2. The lowest BCUT2D eigenvalue weighted by Crippen LogP contribution is -2.40. The Bertz CT molecular complexity index is 189. The molecule has 0 aromatic carbocycles. The van der Waals surface area contributed by atoms with E-state index in [1.165, 1.54) is 0 Å². The summed E-state index contributed by atoms with van der Waals surface area (Å²) in [5, 5.41) is 8.95. The third kappa shape index (κ3) is 2.69. The lowest BCUT2D eigenvalue weighted by atomic mass is 9.84. The molecule has 0 aromatic heterocycles. The minimum atomic E-state index is -0.734. The second-order valence-corrected chi connectivity index (χ2v) is 3.95. The van der Waals surface area contributed by atoms with Crippen LogP contribution in [0, 0.1) is 11.8 Å². The Kier molecular flexibility index (Phi) is 4.35. The van der Waals surface area contributed by atoms with Crippen LogP contribution in [0.1, 0.15) is 19.8 Å². The van der Waals surface area contributed by atoms with E-state index >= 15 is 0 Å². The molecule has 82 valence electrons. The summed E-state index contributed by atoms with van der Waals surface area (Å²) in [4.78, 5) is 13.2. The van der Waals surface area contributed by atoms with Crippen molar-refractivity contribution in [2.45, 2.75) is 19.8 Å². The first-order chi connectivity index (χ1) is 6.69. The minimum absolute atomic E-state index is 0.270. The van der Waals surface area contributed by atoms with E-state index in [2.05, 4.69) is 11.8 Å². The Labute approximate surface area is 85.1 Å². The van der Waals surface area contributed by atoms with E-state index in [0.29, 0.717) is 0 Å². The van der Waals surface area contributed by atoms with Gasteiger partial charge in [-0.1, -0.05) is 6.92 Å². The van der Waals surface area contributed by atoms with Crippen molar-refractivity contribution < 1.29 is 9.90 Å². The monoisotopic (exact) mass is 200 g/mol. The third-order valence-corrected chi connectivity index (χ3v) is 3.22. The van der Waals surface area contributed by atoms with Gasteiger partial charge in [0, 0.05) is 6.54 Å². The fourth-order valence-electron chi connectivity index (χ4n) is 2.17. The largest absolute Gasteiger partial charge is 0.481 e. The number of likely N-dealkylation sites (tertiary alicyclic amines) is 1. The van der Waals surface area contributed by atoms with Gasteiger partial charge in [0.05, 0.1) is 5.92 Å². The van der Waals surface area contributed by atoms with E-state index in [4.69, 9.17) is 10.8 Å². The molecule has 0 aromatic rings. The van der Waals surface area contributed by atoms with Crippen molar-refractivity contribution in [3.05, 3.63) is 0 Å². The zero-order valence-electron chi connectivity index (χ0n) is 8.78. The van der Waals surface area contributed by atoms with E-state index < -0.39 is 5.97 Å². The van der Waals surface area contributed by atoms with Gasteiger partial charge in [0.2, 0.25) is 0 Å². The van der Waals surface area contributed by atoms with Gasteiger partial charge < -0.3 is 15.7 Å². The summed E-state index contributed by atoms with van der Waals surface area (Å²) < 4.78 is 0. The van der Waals surface area contributed by atoms with E-state index in [1.807, 2.05) is 0 Å². The quantitative estimate of drug-likeness (QED) is 0.688. The van der Waals surface area contributed by atoms with Gasteiger partial charge >= 0.3 is 5.97 Å². The van der Waals surface area contributed by atoms with Crippen LogP contribution in [-0.2, 0) is 4.79 Å². The number of carboxylic acid groups (broad SMARTS) is 1. The highest BCUT2D eigenvalue weighted by Crippen LogP contribution is 2.24. The number of aliphatic carboxylic acids is 1. The SMILES string of the molecule is CCN1CCC(C(CN)C(=O)O)CC1. The van der Waals surface area contributed by atoms with Gasteiger partial charge in [-0.2, -0.15) is 0 Å². The maximum absolute atomic E-state index is 10.9. The fourth-order valence-corrected chi connectivity index (χ4v) is 2.17. The Morgan fingerprint density at radius 3 is 2.50 bits per heavy atom. The molecule has 0 aliphatic carbocycles. The van der Waals surface area contributed by atoms with Crippen molar-refractivity contribution >= 4 is 5.97 Å². The fraction of sp³-hybridized carbons (Fsp3) is 0.900. The Hall–Kier alpha value is -0.610. The normalized spacial score (nSPS) is 22.1. The highest BCUT2D eigenvalue weighted by atomic mass is 16.4. The Morgan fingerprint density at radius 2 is 2.14 bits per heavy atom. The van der Waals surface area contributed by atoms with Crippen LogP contribution in [0.5, 0.6) is 0 Å². The van der Waals surface area contributed by atoms with Crippen molar-refractivity contribution in [3.63, 3.8) is 0 Å². The van der Waals surface area contributed by atoms with Crippen LogP contribution < -0.4 is 5.73 Å². The van der Waals surface area contributed by atoms with Crippen LogP contribution in [-0.4, -0.2) is 42.2 Å². The smallest absolute Gasteiger partial charge is 0.308 e. The molecule has 1 heterocycles. The molecule has 0 radical (unpaired) electrons. The molecule has 1 aliphatic heterocycles. The average molecular weight is 200 g/mol. The van der Waals surface area contributed by atoms with Crippen molar-refractivity contribution in [1.82, 2.24) is 4.90 Å². The number of carbonyl (C=O) groups is 1. The van der Waals surface area contributed by atoms with Crippen LogP contribution in [0.2, 0.25) is 0 Å². The van der Waals surface area contributed by atoms with Crippen molar-refractivity contribution in [2.24, 2.45) is 17.6 Å². The summed E-state index contributed by atoms with van der Waals surface area (Å²) in [7, 11) is 0. The number of hydrogen-bond acceptors (Lipinski definition) is 3. The third-order valence-electron chi connectivity index (χ3n) is 3.22. The van der Waals surface area contributed by atoms with Gasteiger partial charge in [0.25, 0.3) is 0 Å². The molecule has 1 unspecified atom stereocenters. The van der Waals surface area contributed by atoms with Crippen molar-refractivity contribution in [3.8, 4) is 0 Å². The molecule has 1 saturated heterocycles. The van der Waals surface area contributed by atoms with Crippen LogP contribution in [0.15, 0.2) is 0 Å². The molecule has 4 nitrogen and oxygen atoms in total. The van der Waals surface area contributed by atoms with Gasteiger partial charge in [-0.05, 0) is 38.4 Å². The first-order valence-corrected chi connectivity index (χ1v) is 5.34. The number of nitrogens with two attached hydrogens (primary N) is 1. The first-order valence-electron chi connectivity index (χ1n) is 5.34. The minimum Gasteiger partial charge on any atom is -0.481 e. The Balaban J connectivity index is 2.43. The van der Waals surface area contributed by atoms with Gasteiger partial charge in [-0.15, -0.1) is 0 Å². The average Bonchev–Trinajstić information content (AvgIpc) is 2.19. The zero-order valence-corrected chi connectivity index (χ0v) is 8.78. The summed E-state index contributed by atoms with van der Waals surface area (Å²) in [5.41, 5.74) is 5.48. The molecule has 0 amide bonds. The number of piperidine rings is 1. The lowest BCUT2D eigenvalue weighted by molar-refractivity contribution is -0.143. The van der Waals surface area contributed by atoms with Gasteiger partial charge in [-0.25, -0.2) is 0 Å². The summed E-state index contributed by atoms with van der Waals surface area (Å²) in [6.07, 6.45) is 1.95. The summed E-state index contributed by atoms with van der Waals surface area (Å²) >= 11 is 0. The second-order valence-electron chi connectivity index (χ2n) is 3.95. The summed E-state index contributed by atoms with van der Waals surface area (Å²) in [5.74, 6) is -0.795. The van der Waals surface area contributed by atoms with Gasteiger partial charge in [0.15, 0.2) is 0 Å². The molecular weight excluding hydrogens is 180 g/mol. The second kappa shape index (κ2) is 5.32. The lowest BCUT2D eigenvalue weighted by Gasteiger charge is -2.33. The summed E-state index contributed by atoms with van der Waals surface area (Å²) in [6, 6.07) is 0. The van der Waals surface area contributed by atoms with Crippen LogP contribution in [0.25, 0.3) is 0 Å². The number of carboxylic acids is 1. The van der Waals surface area contributed by atoms with Crippen LogP contribution in [0.4, 0.5) is 0 Å². The molecule has 4 heteroatoms. The molecule has 1 fully saturated rings. The van der Waals surface area contributed by atoms with Gasteiger partial charge in [0.1, 0.15) is 0 Å². The summed E-state index contributed by atoms with van der Waals surface area (Å²) in [6.45, 7) is 5.51. The maximum Gasteiger partial charge on any atom is 0.308 e. The first kappa shape index (κ1) is 11.5. The zero-order chi connectivity index (χ0) is 10.6. The predicted molar refractivity (Wildman–Crippen MR) is 55.0 cm³/mol. The molecule has 3 N–H and O–H groups in total. The molecule has 1 rings (SSSR count).